The van der Waals surface area contributed by atoms with E-state index in [-0.39, 0.29) is 11.9 Å². The molecule has 0 radical (unpaired) electrons. The third-order valence-electron chi connectivity index (χ3n) is 4.10. The minimum atomic E-state index is -0.425. The molecule has 1 saturated carbocycles. The first-order valence-electron chi connectivity index (χ1n) is 7.20. The quantitative estimate of drug-likeness (QED) is 0.884. The van der Waals surface area contributed by atoms with Crippen LogP contribution in [0.5, 0.6) is 0 Å². The number of benzene rings is 1. The third kappa shape index (κ3) is 3.35. The molecule has 2 N–H and O–H groups in total. The molecule has 0 unspecified atom stereocenters. The highest BCUT2D eigenvalue weighted by Gasteiger charge is 2.28. The van der Waals surface area contributed by atoms with E-state index in [0.717, 1.165) is 6.54 Å². The minimum Gasteiger partial charge on any atom is -0.334 e. The molecule has 3 nitrogen and oxygen atoms in total. The summed E-state index contributed by atoms with van der Waals surface area (Å²) in [5.41, 5.74) is 6.97. The van der Waals surface area contributed by atoms with Crippen molar-refractivity contribution < 1.29 is 4.79 Å². The molecule has 104 valence electrons. The topological polar surface area (TPSA) is 46.3 Å². The SMILES string of the molecule is C[C@H](c1ccccc1)N(CC1CCC1)C(=O)[C@@H](C)N. The molecule has 3 heteroatoms. The number of hydrogen-bond acceptors (Lipinski definition) is 2. The number of carbonyl (C=O) groups is 1. The molecule has 1 aromatic carbocycles. The molecular formula is C16H24N2O. The van der Waals surface area contributed by atoms with Crippen LogP contribution in [0.4, 0.5) is 0 Å². The van der Waals surface area contributed by atoms with Gasteiger partial charge in [0.15, 0.2) is 0 Å². The molecule has 1 aliphatic carbocycles. The van der Waals surface area contributed by atoms with Crippen molar-refractivity contribution in [3.05, 3.63) is 35.9 Å². The molecule has 0 heterocycles. The lowest BCUT2D eigenvalue weighted by atomic mass is 9.84. The van der Waals surface area contributed by atoms with Crippen molar-refractivity contribution in [1.82, 2.24) is 4.90 Å². The van der Waals surface area contributed by atoms with Crippen molar-refractivity contribution in [2.45, 2.75) is 45.2 Å². The molecule has 0 spiro atoms. The summed E-state index contributed by atoms with van der Waals surface area (Å²) >= 11 is 0. The predicted molar refractivity (Wildman–Crippen MR) is 77.6 cm³/mol. The first kappa shape index (κ1) is 14.1. The van der Waals surface area contributed by atoms with Crippen molar-refractivity contribution in [1.29, 1.82) is 0 Å². The van der Waals surface area contributed by atoms with E-state index in [2.05, 4.69) is 19.1 Å². The van der Waals surface area contributed by atoms with Crippen LogP contribution in [0.25, 0.3) is 0 Å². The fourth-order valence-electron chi connectivity index (χ4n) is 2.57. The van der Waals surface area contributed by atoms with Gasteiger partial charge in [-0.15, -0.1) is 0 Å². The van der Waals surface area contributed by atoms with E-state index in [9.17, 15) is 4.79 Å². The normalized spacial score (nSPS) is 18.5. The zero-order valence-electron chi connectivity index (χ0n) is 11.9. The van der Waals surface area contributed by atoms with E-state index < -0.39 is 6.04 Å². The van der Waals surface area contributed by atoms with Gasteiger partial charge in [0, 0.05) is 6.54 Å². The summed E-state index contributed by atoms with van der Waals surface area (Å²) in [7, 11) is 0. The van der Waals surface area contributed by atoms with Crippen LogP contribution >= 0.6 is 0 Å². The van der Waals surface area contributed by atoms with Crippen LogP contribution in [-0.2, 0) is 4.79 Å². The highest BCUT2D eigenvalue weighted by atomic mass is 16.2. The van der Waals surface area contributed by atoms with E-state index in [1.54, 1.807) is 6.92 Å². The van der Waals surface area contributed by atoms with Crippen LogP contribution in [0.15, 0.2) is 30.3 Å². The number of rotatable bonds is 5. The average molecular weight is 260 g/mol. The van der Waals surface area contributed by atoms with Gasteiger partial charge in [0.05, 0.1) is 12.1 Å². The molecular weight excluding hydrogens is 236 g/mol. The Balaban J connectivity index is 2.13. The second-order valence-electron chi connectivity index (χ2n) is 5.66. The molecule has 0 aromatic heterocycles. The van der Waals surface area contributed by atoms with Crippen molar-refractivity contribution in [3.8, 4) is 0 Å². The van der Waals surface area contributed by atoms with Gasteiger partial charge in [-0.05, 0) is 38.2 Å². The predicted octanol–water partition coefficient (Wildman–Crippen LogP) is 2.72. The largest absolute Gasteiger partial charge is 0.334 e. The van der Waals surface area contributed by atoms with Crippen molar-refractivity contribution in [2.75, 3.05) is 6.54 Å². The second kappa shape index (κ2) is 6.20. The molecule has 19 heavy (non-hydrogen) atoms. The Morgan fingerprint density at radius 2 is 1.95 bits per heavy atom. The molecule has 0 bridgehead atoms. The average Bonchev–Trinajstić information content (AvgIpc) is 2.37. The van der Waals surface area contributed by atoms with Crippen molar-refractivity contribution in [3.63, 3.8) is 0 Å². The van der Waals surface area contributed by atoms with Crippen molar-refractivity contribution in [2.24, 2.45) is 11.7 Å². The van der Waals surface area contributed by atoms with Gasteiger partial charge < -0.3 is 10.6 Å². The Hall–Kier alpha value is -1.35. The number of nitrogens with two attached hydrogens (primary N) is 1. The molecule has 2 rings (SSSR count). The maximum atomic E-state index is 12.3. The fourth-order valence-corrected chi connectivity index (χ4v) is 2.57. The molecule has 0 saturated heterocycles. The van der Waals surface area contributed by atoms with Gasteiger partial charge in [-0.2, -0.15) is 0 Å². The monoisotopic (exact) mass is 260 g/mol. The minimum absolute atomic E-state index is 0.0586. The van der Waals surface area contributed by atoms with Gasteiger partial charge in [0.1, 0.15) is 0 Å². The Labute approximate surface area is 115 Å². The molecule has 1 aromatic rings. The lowest BCUT2D eigenvalue weighted by molar-refractivity contribution is -0.135. The van der Waals surface area contributed by atoms with Gasteiger partial charge in [0.25, 0.3) is 0 Å². The molecule has 1 amide bonds. The summed E-state index contributed by atoms with van der Waals surface area (Å²) in [6, 6.07) is 9.86. The van der Waals surface area contributed by atoms with Crippen LogP contribution in [0.1, 0.15) is 44.7 Å². The number of amides is 1. The summed E-state index contributed by atoms with van der Waals surface area (Å²) in [6.45, 7) is 4.71. The molecule has 0 aliphatic heterocycles. The summed E-state index contributed by atoms with van der Waals surface area (Å²) in [4.78, 5) is 14.3. The van der Waals surface area contributed by atoms with Crippen LogP contribution in [0.3, 0.4) is 0 Å². The lowest BCUT2D eigenvalue weighted by Gasteiger charge is -2.37. The van der Waals surface area contributed by atoms with E-state index in [1.807, 2.05) is 23.1 Å². The van der Waals surface area contributed by atoms with Crippen LogP contribution in [-0.4, -0.2) is 23.4 Å². The van der Waals surface area contributed by atoms with Crippen LogP contribution in [0, 0.1) is 5.92 Å². The number of nitrogens with zero attached hydrogens (tertiary/aromatic N) is 1. The summed E-state index contributed by atoms with van der Waals surface area (Å²) < 4.78 is 0. The highest BCUT2D eigenvalue weighted by Crippen LogP contribution is 2.30. The van der Waals surface area contributed by atoms with Crippen LogP contribution < -0.4 is 5.73 Å². The van der Waals surface area contributed by atoms with Crippen LogP contribution in [0.2, 0.25) is 0 Å². The van der Waals surface area contributed by atoms with Gasteiger partial charge in [-0.25, -0.2) is 0 Å². The lowest BCUT2D eigenvalue weighted by Crippen LogP contribution is -2.46. The number of carbonyl (C=O) groups excluding carboxylic acids is 1. The Bertz CT molecular complexity index is 412. The summed E-state index contributed by atoms with van der Waals surface area (Å²) in [5.74, 6) is 0.720. The standard InChI is InChI=1S/C16H24N2O/c1-12(17)16(19)18(11-14-7-6-8-14)13(2)15-9-4-3-5-10-15/h3-5,9-10,12-14H,6-8,11,17H2,1-2H3/t12-,13-/m1/s1. The Kier molecular flexibility index (Phi) is 4.59. The van der Waals surface area contributed by atoms with E-state index in [0.29, 0.717) is 5.92 Å². The second-order valence-corrected chi connectivity index (χ2v) is 5.66. The summed E-state index contributed by atoms with van der Waals surface area (Å²) in [5, 5.41) is 0. The fraction of sp³-hybridized carbons (Fsp3) is 0.562. The smallest absolute Gasteiger partial charge is 0.239 e. The number of hydrogen-bond donors (Lipinski definition) is 1. The molecule has 1 aliphatic rings. The first-order valence-corrected chi connectivity index (χ1v) is 7.20. The van der Waals surface area contributed by atoms with E-state index in [4.69, 9.17) is 5.73 Å². The maximum Gasteiger partial charge on any atom is 0.239 e. The van der Waals surface area contributed by atoms with Gasteiger partial charge in [-0.3, -0.25) is 4.79 Å². The van der Waals surface area contributed by atoms with E-state index >= 15 is 0 Å². The van der Waals surface area contributed by atoms with E-state index in [1.165, 1.54) is 24.8 Å². The Morgan fingerprint density at radius 1 is 1.32 bits per heavy atom. The zero-order chi connectivity index (χ0) is 13.8. The first-order chi connectivity index (χ1) is 9.09. The van der Waals surface area contributed by atoms with Gasteiger partial charge in [0.2, 0.25) is 5.91 Å². The van der Waals surface area contributed by atoms with Crippen molar-refractivity contribution >= 4 is 5.91 Å². The van der Waals surface area contributed by atoms with Gasteiger partial charge >= 0.3 is 0 Å². The Morgan fingerprint density at radius 3 is 2.42 bits per heavy atom. The zero-order valence-corrected chi connectivity index (χ0v) is 11.9. The van der Waals surface area contributed by atoms with Gasteiger partial charge in [-0.1, -0.05) is 36.8 Å². The maximum absolute atomic E-state index is 12.3. The highest BCUT2D eigenvalue weighted by molar-refractivity contribution is 5.81. The molecule has 2 atom stereocenters. The third-order valence-corrected chi connectivity index (χ3v) is 4.10. The molecule has 1 fully saturated rings. The summed E-state index contributed by atoms with van der Waals surface area (Å²) in [6.07, 6.45) is 3.78.